The van der Waals surface area contributed by atoms with Crippen molar-refractivity contribution in [3.8, 4) is 0 Å². The highest BCUT2D eigenvalue weighted by Crippen LogP contribution is 2.30. The summed E-state index contributed by atoms with van der Waals surface area (Å²) in [4.78, 5) is 0. The first-order valence-corrected chi connectivity index (χ1v) is 6.17. The monoisotopic (exact) mass is 216 g/mol. The first kappa shape index (κ1) is 14.9. The van der Waals surface area contributed by atoms with E-state index in [0.717, 1.165) is 25.7 Å². The van der Waals surface area contributed by atoms with E-state index in [1.165, 1.54) is 0 Å². The topological polar surface area (TPSA) is 61.3 Å². The maximum Gasteiger partial charge on any atom is 0.0807 e. The number of rotatable bonds is 8. The van der Waals surface area contributed by atoms with Crippen LogP contribution in [0.2, 0.25) is 0 Å². The van der Waals surface area contributed by atoms with Crippen LogP contribution in [0, 0.1) is 0 Å². The van der Waals surface area contributed by atoms with Crippen LogP contribution in [-0.4, -0.2) is 24.3 Å². The number of nitrogens with two attached hydrogens (primary N) is 2. The van der Waals surface area contributed by atoms with Crippen molar-refractivity contribution in [1.29, 1.82) is 0 Å². The maximum absolute atomic E-state index is 6.27. The molecule has 3 heteroatoms. The van der Waals surface area contributed by atoms with Crippen LogP contribution in [0.3, 0.4) is 0 Å². The van der Waals surface area contributed by atoms with E-state index in [1.807, 2.05) is 0 Å². The summed E-state index contributed by atoms with van der Waals surface area (Å²) in [5.41, 5.74) is 11.3. The second-order valence-electron chi connectivity index (χ2n) is 4.29. The van der Waals surface area contributed by atoms with E-state index < -0.39 is 0 Å². The highest BCUT2D eigenvalue weighted by atomic mass is 16.5. The Labute approximate surface area is 94.5 Å². The van der Waals surface area contributed by atoms with Gasteiger partial charge in [0.2, 0.25) is 0 Å². The lowest BCUT2D eigenvalue weighted by molar-refractivity contribution is -0.155. The molecular weight excluding hydrogens is 188 g/mol. The smallest absolute Gasteiger partial charge is 0.0807 e. The van der Waals surface area contributed by atoms with Crippen LogP contribution >= 0.6 is 0 Å². The van der Waals surface area contributed by atoms with Gasteiger partial charge in [-0.15, -0.1) is 0 Å². The van der Waals surface area contributed by atoms with Crippen molar-refractivity contribution in [3.05, 3.63) is 0 Å². The summed E-state index contributed by atoms with van der Waals surface area (Å²) in [6.45, 7) is 9.65. The summed E-state index contributed by atoms with van der Waals surface area (Å²) in [5, 5.41) is 0. The minimum absolute atomic E-state index is 0.189. The third kappa shape index (κ3) is 3.44. The normalized spacial score (nSPS) is 13.2. The van der Waals surface area contributed by atoms with Crippen LogP contribution in [0.4, 0.5) is 0 Å². The first-order chi connectivity index (χ1) is 7.07. The van der Waals surface area contributed by atoms with E-state index in [2.05, 4.69) is 27.7 Å². The molecule has 0 unspecified atom stereocenters. The number of hydrogen-bond acceptors (Lipinski definition) is 3. The van der Waals surface area contributed by atoms with Crippen LogP contribution < -0.4 is 11.5 Å². The lowest BCUT2D eigenvalue weighted by Gasteiger charge is -2.42. The molecule has 0 heterocycles. The van der Waals surface area contributed by atoms with Gasteiger partial charge in [0.15, 0.2) is 0 Å². The van der Waals surface area contributed by atoms with Crippen molar-refractivity contribution < 1.29 is 4.74 Å². The predicted molar refractivity (Wildman–Crippen MR) is 65.8 cm³/mol. The number of ether oxygens (including phenoxy) is 1. The van der Waals surface area contributed by atoms with Gasteiger partial charge in [-0.3, -0.25) is 0 Å². The molecular formula is C12H28N2O. The molecule has 0 saturated carbocycles. The van der Waals surface area contributed by atoms with Crippen molar-refractivity contribution in [2.45, 2.75) is 64.6 Å². The van der Waals surface area contributed by atoms with Gasteiger partial charge in [0.05, 0.1) is 11.2 Å². The van der Waals surface area contributed by atoms with Gasteiger partial charge < -0.3 is 16.2 Å². The highest BCUT2D eigenvalue weighted by Gasteiger charge is 2.36. The van der Waals surface area contributed by atoms with E-state index in [0.29, 0.717) is 13.1 Å². The Morgan fingerprint density at radius 3 is 1.13 bits per heavy atom. The standard InChI is InChI=1S/C12H28N2O/c1-5-11(6-2,9-13)15-12(7-3,8-4)10-14/h5-10,13-14H2,1-4H3. The Bertz CT molecular complexity index is 128. The molecule has 92 valence electrons. The molecule has 15 heavy (non-hydrogen) atoms. The second kappa shape index (κ2) is 6.46. The zero-order valence-electron chi connectivity index (χ0n) is 10.8. The summed E-state index contributed by atoms with van der Waals surface area (Å²) < 4.78 is 6.27. The summed E-state index contributed by atoms with van der Waals surface area (Å²) in [6.07, 6.45) is 3.78. The average molecular weight is 216 g/mol. The molecule has 0 aliphatic carbocycles. The molecule has 0 rings (SSSR count). The third-order valence-corrected chi connectivity index (χ3v) is 3.75. The Balaban J connectivity index is 4.74. The minimum Gasteiger partial charge on any atom is -0.366 e. The Morgan fingerprint density at radius 1 is 0.733 bits per heavy atom. The zero-order chi connectivity index (χ0) is 11.9. The molecule has 0 spiro atoms. The minimum atomic E-state index is -0.189. The average Bonchev–Trinajstić information content (AvgIpc) is 2.33. The van der Waals surface area contributed by atoms with Gasteiger partial charge >= 0.3 is 0 Å². The van der Waals surface area contributed by atoms with Gasteiger partial charge in [-0.25, -0.2) is 0 Å². The van der Waals surface area contributed by atoms with Crippen LogP contribution in [0.5, 0.6) is 0 Å². The lowest BCUT2D eigenvalue weighted by Crippen LogP contribution is -2.51. The fraction of sp³-hybridized carbons (Fsp3) is 1.00. The van der Waals surface area contributed by atoms with Crippen LogP contribution in [0.15, 0.2) is 0 Å². The van der Waals surface area contributed by atoms with Gasteiger partial charge in [-0.05, 0) is 25.7 Å². The van der Waals surface area contributed by atoms with Crippen molar-refractivity contribution in [2.75, 3.05) is 13.1 Å². The van der Waals surface area contributed by atoms with E-state index in [-0.39, 0.29) is 11.2 Å². The Hall–Kier alpha value is -0.120. The number of hydrogen-bond donors (Lipinski definition) is 2. The largest absolute Gasteiger partial charge is 0.366 e. The zero-order valence-corrected chi connectivity index (χ0v) is 10.8. The van der Waals surface area contributed by atoms with E-state index in [1.54, 1.807) is 0 Å². The van der Waals surface area contributed by atoms with E-state index >= 15 is 0 Å². The van der Waals surface area contributed by atoms with E-state index in [4.69, 9.17) is 16.2 Å². The van der Waals surface area contributed by atoms with Crippen molar-refractivity contribution in [1.82, 2.24) is 0 Å². The quantitative estimate of drug-likeness (QED) is 0.652. The second-order valence-corrected chi connectivity index (χ2v) is 4.29. The summed E-state index contributed by atoms with van der Waals surface area (Å²) in [6, 6.07) is 0. The Kier molecular flexibility index (Phi) is 6.41. The van der Waals surface area contributed by atoms with Gasteiger partial charge in [0.1, 0.15) is 0 Å². The predicted octanol–water partition coefficient (Wildman–Crippen LogP) is 2.04. The molecule has 0 radical (unpaired) electrons. The van der Waals surface area contributed by atoms with Crippen LogP contribution in [0.25, 0.3) is 0 Å². The Morgan fingerprint density at radius 2 is 1.00 bits per heavy atom. The first-order valence-electron chi connectivity index (χ1n) is 6.17. The van der Waals surface area contributed by atoms with Crippen LogP contribution in [-0.2, 0) is 4.74 Å². The maximum atomic E-state index is 6.27. The van der Waals surface area contributed by atoms with Crippen molar-refractivity contribution in [3.63, 3.8) is 0 Å². The van der Waals surface area contributed by atoms with Gasteiger partial charge in [-0.2, -0.15) is 0 Å². The van der Waals surface area contributed by atoms with Gasteiger partial charge in [0, 0.05) is 13.1 Å². The summed E-state index contributed by atoms with van der Waals surface area (Å²) >= 11 is 0. The fourth-order valence-corrected chi connectivity index (χ4v) is 1.91. The fourth-order valence-electron chi connectivity index (χ4n) is 1.91. The molecule has 0 aromatic heterocycles. The molecule has 0 aromatic carbocycles. The van der Waals surface area contributed by atoms with Crippen molar-refractivity contribution in [2.24, 2.45) is 11.5 Å². The van der Waals surface area contributed by atoms with Gasteiger partial charge in [0.25, 0.3) is 0 Å². The molecule has 4 N–H and O–H groups in total. The molecule has 0 atom stereocenters. The lowest BCUT2D eigenvalue weighted by atomic mass is 9.91. The highest BCUT2D eigenvalue weighted by molar-refractivity contribution is 4.88. The summed E-state index contributed by atoms with van der Waals surface area (Å²) in [7, 11) is 0. The molecule has 0 fully saturated rings. The van der Waals surface area contributed by atoms with Crippen molar-refractivity contribution >= 4 is 0 Å². The molecule has 0 aliphatic heterocycles. The molecule has 0 aliphatic rings. The molecule has 0 aromatic rings. The SMILES string of the molecule is CCC(CC)(CN)OC(CC)(CC)CN. The summed E-state index contributed by atoms with van der Waals surface area (Å²) in [5.74, 6) is 0. The molecule has 3 nitrogen and oxygen atoms in total. The van der Waals surface area contributed by atoms with E-state index in [9.17, 15) is 0 Å². The third-order valence-electron chi connectivity index (χ3n) is 3.75. The molecule has 0 amide bonds. The molecule has 0 saturated heterocycles. The van der Waals surface area contributed by atoms with Gasteiger partial charge in [-0.1, -0.05) is 27.7 Å². The van der Waals surface area contributed by atoms with Crippen LogP contribution in [0.1, 0.15) is 53.4 Å². The molecule has 0 bridgehead atoms.